The van der Waals surface area contributed by atoms with Gasteiger partial charge in [-0.1, -0.05) is 61.2 Å². The second kappa shape index (κ2) is 5.57. The molecule has 0 radical (unpaired) electrons. The van der Waals surface area contributed by atoms with Gasteiger partial charge in [-0.05, 0) is 65.3 Å². The predicted octanol–water partition coefficient (Wildman–Crippen LogP) is 5.65. The lowest BCUT2D eigenvalue weighted by molar-refractivity contribution is 1.23. The van der Waals surface area contributed by atoms with Crippen molar-refractivity contribution in [1.29, 1.82) is 0 Å². The van der Waals surface area contributed by atoms with E-state index in [1.54, 1.807) is 0 Å². The summed E-state index contributed by atoms with van der Waals surface area (Å²) in [5, 5.41) is 0. The fourth-order valence-electron chi connectivity index (χ4n) is 2.92. The normalized spacial score (nSPS) is 16.8. The number of rotatable bonds is 1. The molecule has 0 spiro atoms. The summed E-state index contributed by atoms with van der Waals surface area (Å²) in [4.78, 5) is 0. The molecule has 0 saturated carbocycles. The zero-order chi connectivity index (χ0) is 14.8. The molecule has 0 nitrogen and oxygen atoms in total. The average Bonchev–Trinajstić information content (AvgIpc) is 2.47. The topological polar surface area (TPSA) is 0 Å². The molecule has 0 amide bonds. The third-order valence-corrected chi connectivity index (χ3v) is 4.11. The van der Waals surface area contributed by atoms with Crippen molar-refractivity contribution < 1.29 is 0 Å². The number of benzene rings is 2. The van der Waals surface area contributed by atoms with Crippen LogP contribution in [0.2, 0.25) is 0 Å². The van der Waals surface area contributed by atoms with E-state index in [4.69, 9.17) is 0 Å². The van der Waals surface area contributed by atoms with E-state index in [9.17, 15) is 0 Å². The first kappa shape index (κ1) is 13.6. The Bertz CT molecular complexity index is 758. The van der Waals surface area contributed by atoms with Crippen molar-refractivity contribution >= 4 is 5.57 Å². The Hall–Kier alpha value is -2.34. The maximum absolute atomic E-state index is 4.20. The molecule has 0 heterocycles. The Balaban J connectivity index is 2.20. The molecule has 0 unspecified atom stereocenters. The van der Waals surface area contributed by atoms with Gasteiger partial charge in [0.05, 0.1) is 0 Å². The van der Waals surface area contributed by atoms with Gasteiger partial charge in [-0.2, -0.15) is 0 Å². The minimum atomic E-state index is 0.956. The summed E-state index contributed by atoms with van der Waals surface area (Å²) in [5.74, 6) is 0. The molecule has 3 rings (SSSR count). The summed E-state index contributed by atoms with van der Waals surface area (Å²) in [6.45, 7) is 8.56. The van der Waals surface area contributed by atoms with E-state index < -0.39 is 0 Å². The van der Waals surface area contributed by atoms with Gasteiger partial charge in [-0.25, -0.2) is 0 Å². The summed E-state index contributed by atoms with van der Waals surface area (Å²) in [7, 11) is 0. The van der Waals surface area contributed by atoms with E-state index >= 15 is 0 Å². The summed E-state index contributed by atoms with van der Waals surface area (Å²) in [6, 6.07) is 13.2. The molecule has 0 aliphatic heterocycles. The van der Waals surface area contributed by atoms with Gasteiger partial charge in [0.15, 0.2) is 0 Å². The van der Waals surface area contributed by atoms with Gasteiger partial charge >= 0.3 is 0 Å². The second-order valence-corrected chi connectivity index (χ2v) is 5.66. The molecule has 0 heteroatoms. The summed E-state index contributed by atoms with van der Waals surface area (Å²) < 4.78 is 0. The molecule has 21 heavy (non-hydrogen) atoms. The Kier molecular flexibility index (Phi) is 3.62. The van der Waals surface area contributed by atoms with Crippen LogP contribution in [0.1, 0.15) is 22.3 Å². The fraction of sp³-hybridized carbons (Fsp3) is 0.143. The SMILES string of the molecule is C=C1/C=C\C=C/Cc2cc(-c3ccccc3C)c(C)cc21. The predicted molar refractivity (Wildman–Crippen MR) is 92.4 cm³/mol. The number of aryl methyl sites for hydroxylation is 2. The van der Waals surface area contributed by atoms with Crippen LogP contribution in [0, 0.1) is 13.8 Å². The highest BCUT2D eigenvalue weighted by Crippen LogP contribution is 2.32. The molecule has 2 aromatic rings. The van der Waals surface area contributed by atoms with Crippen LogP contribution in [0.3, 0.4) is 0 Å². The first-order chi connectivity index (χ1) is 10.2. The molecule has 0 atom stereocenters. The van der Waals surface area contributed by atoms with Crippen LogP contribution < -0.4 is 0 Å². The monoisotopic (exact) mass is 272 g/mol. The lowest BCUT2D eigenvalue weighted by Crippen LogP contribution is -1.97. The largest absolute Gasteiger partial charge is 0.0911 e. The molecule has 0 aromatic heterocycles. The van der Waals surface area contributed by atoms with Crippen LogP contribution >= 0.6 is 0 Å². The van der Waals surface area contributed by atoms with Gasteiger partial charge < -0.3 is 0 Å². The molecule has 0 bridgehead atoms. The molecule has 104 valence electrons. The van der Waals surface area contributed by atoms with E-state index in [1.165, 1.54) is 33.4 Å². The minimum absolute atomic E-state index is 0.956. The maximum Gasteiger partial charge on any atom is -0.00879 e. The van der Waals surface area contributed by atoms with Gasteiger partial charge in [0.2, 0.25) is 0 Å². The Labute approximate surface area is 127 Å². The van der Waals surface area contributed by atoms with Crippen LogP contribution in [0.15, 0.2) is 67.3 Å². The fourth-order valence-corrected chi connectivity index (χ4v) is 2.92. The van der Waals surface area contributed by atoms with Crippen molar-refractivity contribution in [3.8, 4) is 11.1 Å². The molecular formula is C21H20. The Morgan fingerprint density at radius 2 is 1.67 bits per heavy atom. The Morgan fingerprint density at radius 3 is 2.48 bits per heavy atom. The lowest BCUT2D eigenvalue weighted by atomic mass is 9.88. The van der Waals surface area contributed by atoms with Crippen molar-refractivity contribution in [2.24, 2.45) is 0 Å². The first-order valence-corrected chi connectivity index (χ1v) is 7.39. The quantitative estimate of drug-likeness (QED) is 0.629. The van der Waals surface area contributed by atoms with E-state index in [2.05, 4.69) is 81.1 Å². The number of hydrogen-bond donors (Lipinski definition) is 0. The van der Waals surface area contributed by atoms with Crippen molar-refractivity contribution in [1.82, 2.24) is 0 Å². The van der Waals surface area contributed by atoms with Gasteiger partial charge in [0, 0.05) is 0 Å². The molecule has 1 aliphatic carbocycles. The van der Waals surface area contributed by atoms with E-state index in [0.717, 1.165) is 12.0 Å². The highest BCUT2D eigenvalue weighted by atomic mass is 14.2. The van der Waals surface area contributed by atoms with E-state index in [-0.39, 0.29) is 0 Å². The van der Waals surface area contributed by atoms with Crippen molar-refractivity contribution in [3.05, 3.63) is 89.5 Å². The van der Waals surface area contributed by atoms with Crippen LogP contribution in [-0.2, 0) is 6.42 Å². The lowest BCUT2D eigenvalue weighted by Gasteiger charge is -2.16. The summed E-state index contributed by atoms with van der Waals surface area (Å²) in [5.41, 5.74) is 8.99. The van der Waals surface area contributed by atoms with Gasteiger partial charge in [-0.3, -0.25) is 0 Å². The number of fused-ring (bicyclic) bond motifs is 1. The maximum atomic E-state index is 4.20. The summed E-state index contributed by atoms with van der Waals surface area (Å²) >= 11 is 0. The van der Waals surface area contributed by atoms with Gasteiger partial charge in [-0.15, -0.1) is 0 Å². The van der Waals surface area contributed by atoms with Gasteiger partial charge in [0.1, 0.15) is 0 Å². The van der Waals surface area contributed by atoms with Crippen molar-refractivity contribution in [3.63, 3.8) is 0 Å². The molecule has 0 fully saturated rings. The zero-order valence-corrected chi connectivity index (χ0v) is 12.7. The highest BCUT2D eigenvalue weighted by Gasteiger charge is 2.11. The minimum Gasteiger partial charge on any atom is -0.0911 e. The molecule has 1 aliphatic rings. The third-order valence-electron chi connectivity index (χ3n) is 4.11. The van der Waals surface area contributed by atoms with Crippen LogP contribution in [0.25, 0.3) is 16.7 Å². The van der Waals surface area contributed by atoms with Crippen molar-refractivity contribution in [2.75, 3.05) is 0 Å². The molecular weight excluding hydrogens is 252 g/mol. The van der Waals surface area contributed by atoms with Crippen LogP contribution in [0.4, 0.5) is 0 Å². The summed E-state index contributed by atoms with van der Waals surface area (Å²) in [6.07, 6.45) is 9.41. The highest BCUT2D eigenvalue weighted by molar-refractivity contribution is 5.80. The Morgan fingerprint density at radius 1 is 0.857 bits per heavy atom. The molecule has 0 N–H and O–H groups in total. The zero-order valence-electron chi connectivity index (χ0n) is 12.7. The van der Waals surface area contributed by atoms with Crippen LogP contribution in [0.5, 0.6) is 0 Å². The number of allylic oxidation sites excluding steroid dienone is 5. The van der Waals surface area contributed by atoms with Crippen molar-refractivity contribution in [2.45, 2.75) is 20.3 Å². The second-order valence-electron chi connectivity index (χ2n) is 5.66. The van der Waals surface area contributed by atoms with Gasteiger partial charge in [0.25, 0.3) is 0 Å². The van der Waals surface area contributed by atoms with E-state index in [1.807, 2.05) is 0 Å². The molecule has 0 saturated heterocycles. The third kappa shape index (κ3) is 2.62. The average molecular weight is 272 g/mol. The number of hydrogen-bond acceptors (Lipinski definition) is 0. The smallest absolute Gasteiger partial charge is 0.00879 e. The van der Waals surface area contributed by atoms with Crippen LogP contribution in [-0.4, -0.2) is 0 Å². The molecule has 2 aromatic carbocycles. The standard InChI is InChI=1S/C21H20/c1-15-10-7-8-12-19(15)21-14-18-11-6-4-5-9-16(2)20(18)13-17(21)3/h4-10,12-14H,2,11H2,1,3H3/b6-4-,9-5-. The first-order valence-electron chi connectivity index (χ1n) is 7.39. The van der Waals surface area contributed by atoms with E-state index in [0.29, 0.717) is 0 Å².